The van der Waals surface area contributed by atoms with Crippen molar-refractivity contribution >= 4 is 22.6 Å². The monoisotopic (exact) mass is 450 g/mol. The maximum absolute atomic E-state index is 15.0. The number of ether oxygens (including phenoxy) is 2. The summed E-state index contributed by atoms with van der Waals surface area (Å²) in [4.78, 5) is 13.5. The van der Waals surface area contributed by atoms with Crippen molar-refractivity contribution in [3.8, 4) is 0 Å². The van der Waals surface area contributed by atoms with Gasteiger partial charge in [0.25, 0.3) is 11.8 Å². The molecule has 4 rings (SSSR count). The Morgan fingerprint density at radius 2 is 1.94 bits per heavy atom. The number of halogens is 5. The van der Waals surface area contributed by atoms with Crippen molar-refractivity contribution in [1.29, 1.82) is 0 Å². The lowest BCUT2D eigenvalue weighted by Gasteiger charge is -2.36. The average molecular weight is 450 g/mol. The van der Waals surface area contributed by atoms with Gasteiger partial charge >= 0.3 is 6.18 Å². The van der Waals surface area contributed by atoms with E-state index >= 15 is 0 Å². The second-order valence-electron chi connectivity index (χ2n) is 7.39. The first kappa shape index (κ1) is 21.8. The summed E-state index contributed by atoms with van der Waals surface area (Å²) in [6.45, 7) is -2.06. The summed E-state index contributed by atoms with van der Waals surface area (Å²) in [6.07, 6.45) is -6.97. The Labute approximate surface area is 172 Å². The molecule has 1 aromatic heterocycles. The summed E-state index contributed by atoms with van der Waals surface area (Å²) in [5.74, 6) is -4.49. The molecule has 1 aromatic carbocycles. The number of carbonyl (C=O) groups excluding carboxylic acids is 1. The summed E-state index contributed by atoms with van der Waals surface area (Å²) in [5, 5.41) is 11.4. The van der Waals surface area contributed by atoms with Gasteiger partial charge < -0.3 is 29.2 Å². The van der Waals surface area contributed by atoms with Gasteiger partial charge in [-0.1, -0.05) is 0 Å². The first-order chi connectivity index (χ1) is 14.6. The molecule has 2 aliphatic heterocycles. The minimum Gasteiger partial charge on any atom is -0.449 e. The molecule has 0 aliphatic carbocycles. The van der Waals surface area contributed by atoms with Gasteiger partial charge in [-0.3, -0.25) is 4.79 Å². The zero-order chi connectivity index (χ0) is 22.4. The third kappa shape index (κ3) is 4.19. The van der Waals surface area contributed by atoms with E-state index in [1.165, 1.54) is 0 Å². The molecule has 0 unspecified atom stereocenters. The van der Waals surface area contributed by atoms with E-state index in [0.717, 1.165) is 23.1 Å². The van der Waals surface area contributed by atoms with E-state index in [9.17, 15) is 26.7 Å². The molecular weight excluding hydrogens is 431 g/mol. The maximum atomic E-state index is 15.0. The van der Waals surface area contributed by atoms with Crippen molar-refractivity contribution < 1.29 is 45.7 Å². The van der Waals surface area contributed by atoms with Crippen LogP contribution < -0.4 is 10.2 Å². The fraction of sp³-hybridized carbons (Fsp3) is 0.526. The number of furan rings is 1. The molecule has 170 valence electrons. The van der Waals surface area contributed by atoms with Gasteiger partial charge in [-0.25, -0.2) is 8.78 Å². The molecule has 0 saturated carbocycles. The molecule has 0 spiro atoms. The van der Waals surface area contributed by atoms with Crippen LogP contribution in [0, 0.1) is 0 Å². The number of fused-ring (bicyclic) bond motifs is 3. The Morgan fingerprint density at radius 1 is 1.16 bits per heavy atom. The Bertz CT molecular complexity index is 968. The van der Waals surface area contributed by atoms with Crippen LogP contribution in [0.25, 0.3) is 11.0 Å². The van der Waals surface area contributed by atoms with Crippen LogP contribution in [0.15, 0.2) is 22.6 Å². The predicted molar refractivity (Wildman–Crippen MR) is 97.3 cm³/mol. The Kier molecular flexibility index (Phi) is 5.56. The van der Waals surface area contributed by atoms with Crippen molar-refractivity contribution in [3.05, 3.63) is 29.5 Å². The summed E-state index contributed by atoms with van der Waals surface area (Å²) < 4.78 is 85.3. The number of alkyl halides is 5. The molecule has 2 aromatic rings. The molecule has 3 heterocycles. The normalized spacial score (nSPS) is 22.9. The van der Waals surface area contributed by atoms with Crippen LogP contribution in [0.5, 0.6) is 0 Å². The van der Waals surface area contributed by atoms with Gasteiger partial charge in [0, 0.05) is 18.5 Å². The van der Waals surface area contributed by atoms with Crippen molar-refractivity contribution in [2.45, 2.75) is 24.3 Å². The summed E-state index contributed by atoms with van der Waals surface area (Å²) in [5.41, 5.74) is -1.13. The standard InChI is InChI=1S/C19H19F5N2O5/c20-18(21,14-8-29-11(6-27)7-30-14)9-26-4-3-25-17(28)16-15(26)12-5-10(19(22,23)24)1-2-13(12)31-16/h1-2,5,11,14,27H,3-4,6-9H2,(H,25,28)/t11-,14+/m1/s1. The van der Waals surface area contributed by atoms with Gasteiger partial charge in [0.2, 0.25) is 5.76 Å². The minimum absolute atomic E-state index is 0.00578. The number of nitrogens with one attached hydrogen (secondary N) is 1. The second-order valence-corrected chi connectivity index (χ2v) is 7.39. The topological polar surface area (TPSA) is 84.2 Å². The lowest BCUT2D eigenvalue weighted by atomic mass is 10.1. The number of rotatable bonds is 4. The van der Waals surface area contributed by atoms with Crippen molar-refractivity contribution in [2.24, 2.45) is 0 Å². The highest BCUT2D eigenvalue weighted by Gasteiger charge is 2.46. The molecule has 1 fully saturated rings. The molecule has 31 heavy (non-hydrogen) atoms. The number of aliphatic hydroxyl groups is 1. The molecule has 2 atom stereocenters. The first-order valence-electron chi connectivity index (χ1n) is 9.49. The molecule has 0 radical (unpaired) electrons. The number of amides is 1. The fourth-order valence-corrected chi connectivity index (χ4v) is 3.63. The van der Waals surface area contributed by atoms with Crippen LogP contribution >= 0.6 is 0 Å². The highest BCUT2D eigenvalue weighted by atomic mass is 19.4. The SMILES string of the molecule is O=C1NCCN(CC(F)(F)[C@@H]2CO[C@H](CO)CO2)c2c1oc1ccc(C(F)(F)F)cc21. The summed E-state index contributed by atoms with van der Waals surface area (Å²) in [6, 6.07) is 2.64. The van der Waals surface area contributed by atoms with Crippen molar-refractivity contribution in [1.82, 2.24) is 5.32 Å². The van der Waals surface area contributed by atoms with Gasteiger partial charge in [-0.15, -0.1) is 0 Å². The van der Waals surface area contributed by atoms with Gasteiger partial charge in [0.15, 0.2) is 0 Å². The van der Waals surface area contributed by atoms with E-state index in [2.05, 4.69) is 5.32 Å². The quantitative estimate of drug-likeness (QED) is 0.697. The highest BCUT2D eigenvalue weighted by Crippen LogP contribution is 2.40. The van der Waals surface area contributed by atoms with E-state index < -0.39 is 48.9 Å². The zero-order valence-electron chi connectivity index (χ0n) is 16.0. The Morgan fingerprint density at radius 3 is 2.58 bits per heavy atom. The highest BCUT2D eigenvalue weighted by molar-refractivity contribution is 6.07. The fourth-order valence-electron chi connectivity index (χ4n) is 3.63. The first-order valence-corrected chi connectivity index (χ1v) is 9.49. The van der Waals surface area contributed by atoms with Crippen LogP contribution in [0.1, 0.15) is 16.1 Å². The maximum Gasteiger partial charge on any atom is 0.416 e. The van der Waals surface area contributed by atoms with Crippen LogP contribution in [0.2, 0.25) is 0 Å². The number of hydrogen-bond acceptors (Lipinski definition) is 6. The average Bonchev–Trinajstić information content (AvgIpc) is 3.04. The van der Waals surface area contributed by atoms with E-state index in [-0.39, 0.29) is 48.7 Å². The predicted octanol–water partition coefficient (Wildman–Crippen LogP) is 2.41. The smallest absolute Gasteiger partial charge is 0.416 e. The largest absolute Gasteiger partial charge is 0.449 e. The molecular formula is C19H19F5N2O5. The van der Waals surface area contributed by atoms with Gasteiger partial charge in [-0.05, 0) is 18.2 Å². The van der Waals surface area contributed by atoms with E-state index in [1.807, 2.05) is 0 Å². The van der Waals surface area contributed by atoms with Gasteiger partial charge in [0.1, 0.15) is 17.8 Å². The number of aliphatic hydroxyl groups excluding tert-OH is 1. The van der Waals surface area contributed by atoms with Crippen molar-refractivity contribution in [3.63, 3.8) is 0 Å². The van der Waals surface area contributed by atoms with Crippen LogP contribution in [-0.2, 0) is 15.7 Å². The number of benzene rings is 1. The van der Waals surface area contributed by atoms with E-state index in [1.54, 1.807) is 0 Å². The molecule has 2 aliphatic rings. The third-order valence-corrected chi connectivity index (χ3v) is 5.22. The molecule has 12 heteroatoms. The van der Waals surface area contributed by atoms with Crippen LogP contribution in [-0.4, -0.2) is 68.6 Å². The lowest BCUT2D eigenvalue weighted by Crippen LogP contribution is -2.52. The summed E-state index contributed by atoms with van der Waals surface area (Å²) >= 11 is 0. The summed E-state index contributed by atoms with van der Waals surface area (Å²) in [7, 11) is 0. The van der Waals surface area contributed by atoms with Gasteiger partial charge in [0.05, 0.1) is 37.6 Å². The second kappa shape index (κ2) is 7.92. The molecule has 1 amide bonds. The Balaban J connectivity index is 1.69. The van der Waals surface area contributed by atoms with Gasteiger partial charge in [-0.2, -0.15) is 13.2 Å². The number of carbonyl (C=O) groups is 1. The molecule has 2 N–H and O–H groups in total. The molecule has 7 nitrogen and oxygen atoms in total. The van der Waals surface area contributed by atoms with Crippen LogP contribution in [0.4, 0.5) is 27.6 Å². The number of nitrogens with zero attached hydrogens (tertiary/aromatic N) is 1. The van der Waals surface area contributed by atoms with Crippen LogP contribution in [0.3, 0.4) is 0 Å². The Hall–Kier alpha value is -2.44. The van der Waals surface area contributed by atoms with Crippen molar-refractivity contribution in [2.75, 3.05) is 44.4 Å². The number of hydrogen-bond donors (Lipinski definition) is 2. The lowest BCUT2D eigenvalue weighted by molar-refractivity contribution is -0.216. The molecule has 1 saturated heterocycles. The minimum atomic E-state index is -4.66. The number of anilines is 1. The molecule has 0 bridgehead atoms. The third-order valence-electron chi connectivity index (χ3n) is 5.22. The zero-order valence-corrected chi connectivity index (χ0v) is 16.0. The van der Waals surface area contributed by atoms with E-state index in [4.69, 9.17) is 19.0 Å². The van der Waals surface area contributed by atoms with E-state index in [0.29, 0.717) is 0 Å².